The molecule has 1 heterocycles. The molecule has 0 aromatic heterocycles. The van der Waals surface area contributed by atoms with Crippen molar-refractivity contribution in [2.75, 3.05) is 45.7 Å². The molecule has 1 amide bonds. The highest BCUT2D eigenvalue weighted by molar-refractivity contribution is 7.89. The monoisotopic (exact) mass is 489 g/mol. The van der Waals surface area contributed by atoms with Gasteiger partial charge in [-0.2, -0.15) is 4.31 Å². The van der Waals surface area contributed by atoms with Crippen LogP contribution in [0.25, 0.3) is 0 Å². The summed E-state index contributed by atoms with van der Waals surface area (Å²) in [6.45, 7) is 4.05. The minimum atomic E-state index is -3.71. The summed E-state index contributed by atoms with van der Waals surface area (Å²) in [6, 6.07) is 13.6. The van der Waals surface area contributed by atoms with Gasteiger partial charge >= 0.3 is 0 Å². The van der Waals surface area contributed by atoms with E-state index in [9.17, 15) is 18.3 Å². The minimum Gasteiger partial charge on any atom is -0.488 e. The third kappa shape index (κ3) is 5.71. The van der Waals surface area contributed by atoms with Gasteiger partial charge < -0.3 is 19.6 Å². The Hall–Kier alpha value is -2.62. The van der Waals surface area contributed by atoms with E-state index in [0.717, 1.165) is 11.3 Å². The molecule has 0 radical (unpaired) electrons. The Morgan fingerprint density at radius 1 is 1.15 bits per heavy atom. The smallest absolute Gasteiger partial charge is 0.242 e. The first-order valence-corrected chi connectivity index (χ1v) is 12.9. The molecular formula is C25H35N3O5S. The molecule has 1 N–H and O–H groups in total. The molecule has 3 rings (SSSR count). The first-order chi connectivity index (χ1) is 16.0. The Bertz CT molecular complexity index is 1090. The summed E-state index contributed by atoms with van der Waals surface area (Å²) in [6.07, 6.45) is -0.370. The Morgan fingerprint density at radius 2 is 1.82 bits per heavy atom. The van der Waals surface area contributed by atoms with Crippen LogP contribution in [0.4, 0.5) is 5.69 Å². The highest BCUT2D eigenvalue weighted by atomic mass is 32.2. The van der Waals surface area contributed by atoms with Crippen molar-refractivity contribution in [3.05, 3.63) is 54.1 Å². The van der Waals surface area contributed by atoms with Crippen molar-refractivity contribution in [2.45, 2.75) is 37.3 Å². The summed E-state index contributed by atoms with van der Waals surface area (Å²) < 4.78 is 34.0. The maximum atomic E-state index is 13.2. The molecule has 0 saturated heterocycles. The number of ether oxygens (including phenoxy) is 1. The number of amides is 1. The van der Waals surface area contributed by atoms with Gasteiger partial charge in [0.2, 0.25) is 15.9 Å². The lowest BCUT2D eigenvalue weighted by Gasteiger charge is -2.33. The fraction of sp³-hybridized carbons (Fsp3) is 0.480. The van der Waals surface area contributed by atoms with Crippen molar-refractivity contribution in [3.63, 3.8) is 0 Å². The third-order valence-electron chi connectivity index (χ3n) is 6.30. The number of nitrogens with zero attached hydrogens (tertiary/aromatic N) is 3. The molecule has 3 atom stereocenters. The summed E-state index contributed by atoms with van der Waals surface area (Å²) in [5.74, 6) is 0.283. The van der Waals surface area contributed by atoms with E-state index in [1.165, 1.54) is 4.31 Å². The molecule has 0 fully saturated rings. The molecule has 0 bridgehead atoms. The lowest BCUT2D eigenvalue weighted by Crippen LogP contribution is -2.48. The minimum absolute atomic E-state index is 0.0972. The van der Waals surface area contributed by atoms with Crippen molar-refractivity contribution < 1.29 is 23.1 Å². The Morgan fingerprint density at radius 3 is 2.44 bits per heavy atom. The van der Waals surface area contributed by atoms with E-state index in [-0.39, 0.29) is 42.3 Å². The van der Waals surface area contributed by atoms with Gasteiger partial charge in [0.25, 0.3) is 0 Å². The lowest BCUT2D eigenvalue weighted by molar-refractivity contribution is -0.134. The van der Waals surface area contributed by atoms with Crippen LogP contribution in [0, 0.1) is 5.92 Å². The van der Waals surface area contributed by atoms with E-state index in [2.05, 4.69) is 0 Å². The molecule has 2 aromatic carbocycles. The summed E-state index contributed by atoms with van der Waals surface area (Å²) >= 11 is 0. The lowest BCUT2D eigenvalue weighted by atomic mass is 10.0. The number of carbonyl (C=O) groups is 1. The van der Waals surface area contributed by atoms with Gasteiger partial charge in [-0.25, -0.2) is 8.42 Å². The number of aliphatic hydroxyl groups excluding tert-OH is 1. The van der Waals surface area contributed by atoms with Crippen LogP contribution in [-0.2, 0) is 21.2 Å². The number of anilines is 1. The number of likely N-dealkylation sites (N-methyl/N-ethyl adjacent to an activating group) is 1. The Labute approximate surface area is 202 Å². The van der Waals surface area contributed by atoms with Crippen LogP contribution < -0.4 is 9.64 Å². The van der Waals surface area contributed by atoms with Crippen molar-refractivity contribution in [3.8, 4) is 5.75 Å². The predicted octanol–water partition coefficient (Wildman–Crippen LogP) is 2.22. The summed E-state index contributed by atoms with van der Waals surface area (Å²) in [5.41, 5.74) is 1.67. The normalized spacial score (nSPS) is 20.1. The zero-order valence-electron chi connectivity index (χ0n) is 20.5. The SMILES string of the molecule is C[C@H]1CN([C@@H](C)CO)C(=O)Cc2cc(N(C)C)ccc2O[C@@H]1CN(C)S(=O)(=O)c1ccccc1. The predicted molar refractivity (Wildman–Crippen MR) is 133 cm³/mol. The standard InChI is InChI=1S/C25H35N3O5S/c1-18-15-28(19(2)17-29)25(30)14-20-13-21(26(3)4)11-12-23(20)33-24(18)16-27(5)34(31,32)22-9-7-6-8-10-22/h6-13,18-19,24,29H,14-17H2,1-5H3/t18-,19-,24+/m0/s1. The molecular weight excluding hydrogens is 454 g/mol. The van der Waals surface area contributed by atoms with Crippen LogP contribution in [0.5, 0.6) is 5.75 Å². The van der Waals surface area contributed by atoms with Crippen LogP contribution in [-0.4, -0.2) is 81.6 Å². The molecule has 1 aliphatic heterocycles. The van der Waals surface area contributed by atoms with E-state index >= 15 is 0 Å². The topological polar surface area (TPSA) is 90.4 Å². The number of sulfonamides is 1. The maximum Gasteiger partial charge on any atom is 0.242 e. The van der Waals surface area contributed by atoms with Gasteiger partial charge in [0.05, 0.1) is 30.5 Å². The van der Waals surface area contributed by atoms with Crippen LogP contribution in [0.2, 0.25) is 0 Å². The second kappa shape index (κ2) is 10.8. The number of hydrogen-bond acceptors (Lipinski definition) is 6. The number of benzene rings is 2. The number of fused-ring (bicyclic) bond motifs is 1. The fourth-order valence-electron chi connectivity index (χ4n) is 4.04. The highest BCUT2D eigenvalue weighted by Crippen LogP contribution is 2.30. The summed E-state index contributed by atoms with van der Waals surface area (Å²) in [4.78, 5) is 17.1. The maximum absolute atomic E-state index is 13.2. The second-order valence-electron chi connectivity index (χ2n) is 9.17. The van der Waals surface area contributed by atoms with Crippen molar-refractivity contribution >= 4 is 21.6 Å². The average molecular weight is 490 g/mol. The van der Waals surface area contributed by atoms with Gasteiger partial charge in [0.1, 0.15) is 11.9 Å². The van der Waals surface area contributed by atoms with Crippen molar-refractivity contribution in [2.24, 2.45) is 5.92 Å². The first kappa shape index (κ1) is 26.0. The first-order valence-electron chi connectivity index (χ1n) is 11.4. The third-order valence-corrected chi connectivity index (χ3v) is 8.14. The summed E-state index contributed by atoms with van der Waals surface area (Å²) in [7, 11) is 1.68. The summed E-state index contributed by atoms with van der Waals surface area (Å²) in [5, 5.41) is 9.76. The molecule has 1 aliphatic rings. The van der Waals surface area contributed by atoms with E-state index in [0.29, 0.717) is 12.3 Å². The van der Waals surface area contributed by atoms with Crippen LogP contribution in [0.1, 0.15) is 19.4 Å². The molecule has 34 heavy (non-hydrogen) atoms. The molecule has 0 unspecified atom stereocenters. The molecule has 2 aromatic rings. The van der Waals surface area contributed by atoms with Crippen molar-refractivity contribution in [1.82, 2.24) is 9.21 Å². The number of carbonyl (C=O) groups excluding carboxylic acids is 1. The van der Waals surface area contributed by atoms with Gasteiger partial charge in [-0.3, -0.25) is 4.79 Å². The van der Waals surface area contributed by atoms with Crippen LogP contribution in [0.15, 0.2) is 53.4 Å². The van der Waals surface area contributed by atoms with Gasteiger partial charge in [0.15, 0.2) is 0 Å². The molecule has 8 nitrogen and oxygen atoms in total. The zero-order valence-corrected chi connectivity index (χ0v) is 21.3. The Balaban J connectivity index is 1.98. The molecule has 0 spiro atoms. The largest absolute Gasteiger partial charge is 0.488 e. The molecule has 0 aliphatic carbocycles. The van der Waals surface area contributed by atoms with Gasteiger partial charge in [-0.1, -0.05) is 25.1 Å². The van der Waals surface area contributed by atoms with Gasteiger partial charge in [-0.15, -0.1) is 0 Å². The van der Waals surface area contributed by atoms with E-state index in [1.54, 1.807) is 42.3 Å². The quantitative estimate of drug-likeness (QED) is 0.642. The number of rotatable bonds is 7. The molecule has 0 saturated carbocycles. The molecule has 186 valence electrons. The van der Waals surface area contributed by atoms with E-state index in [1.807, 2.05) is 51.0 Å². The van der Waals surface area contributed by atoms with Gasteiger partial charge in [-0.05, 0) is 37.3 Å². The van der Waals surface area contributed by atoms with Gasteiger partial charge in [0, 0.05) is 44.9 Å². The molecule has 9 heteroatoms. The van der Waals surface area contributed by atoms with Crippen LogP contribution in [0.3, 0.4) is 0 Å². The van der Waals surface area contributed by atoms with E-state index in [4.69, 9.17) is 4.74 Å². The highest BCUT2D eigenvalue weighted by Gasteiger charge is 2.33. The second-order valence-corrected chi connectivity index (χ2v) is 11.2. The Kier molecular flexibility index (Phi) is 8.22. The number of aliphatic hydroxyl groups is 1. The fourth-order valence-corrected chi connectivity index (χ4v) is 5.24. The van der Waals surface area contributed by atoms with E-state index < -0.39 is 16.1 Å². The average Bonchev–Trinajstić information content (AvgIpc) is 2.86. The number of hydrogen-bond donors (Lipinski definition) is 1. The zero-order chi connectivity index (χ0) is 25.0. The van der Waals surface area contributed by atoms with Crippen molar-refractivity contribution in [1.29, 1.82) is 0 Å². The van der Waals surface area contributed by atoms with Crippen LogP contribution >= 0.6 is 0 Å².